The Morgan fingerprint density at radius 3 is 2.32 bits per heavy atom. The number of nitrogens with zero attached hydrogens (tertiary/aromatic N) is 2. The highest BCUT2D eigenvalue weighted by molar-refractivity contribution is 9.10. The highest BCUT2D eigenvalue weighted by Crippen LogP contribution is 2.31. The topological polar surface area (TPSA) is 86.8 Å². The van der Waals surface area contributed by atoms with Gasteiger partial charge in [0.25, 0.3) is 0 Å². The Morgan fingerprint density at radius 1 is 0.976 bits per heavy atom. The van der Waals surface area contributed by atoms with Gasteiger partial charge in [-0.1, -0.05) is 94.4 Å². The normalized spacial score (nSPS) is 14.4. The van der Waals surface area contributed by atoms with Gasteiger partial charge in [-0.3, -0.25) is 13.9 Å². The van der Waals surface area contributed by atoms with Gasteiger partial charge >= 0.3 is 0 Å². The van der Waals surface area contributed by atoms with Gasteiger partial charge in [0.2, 0.25) is 21.8 Å². The van der Waals surface area contributed by atoms with E-state index in [1.807, 2.05) is 54.6 Å². The molecule has 0 saturated heterocycles. The van der Waals surface area contributed by atoms with Gasteiger partial charge < -0.3 is 10.2 Å². The van der Waals surface area contributed by atoms with Crippen LogP contribution in [0.2, 0.25) is 10.0 Å². The molecule has 1 saturated carbocycles. The smallest absolute Gasteiger partial charge is 0.244 e. The summed E-state index contributed by atoms with van der Waals surface area (Å²) >= 11 is 16.0. The van der Waals surface area contributed by atoms with Crippen LogP contribution in [0.5, 0.6) is 0 Å². The zero-order valence-corrected chi connectivity index (χ0v) is 26.5. The maximum atomic E-state index is 14.2. The van der Waals surface area contributed by atoms with Crippen molar-refractivity contribution in [2.75, 3.05) is 17.1 Å². The fourth-order valence-corrected chi connectivity index (χ4v) is 6.76. The molecule has 41 heavy (non-hydrogen) atoms. The van der Waals surface area contributed by atoms with E-state index in [4.69, 9.17) is 23.2 Å². The lowest BCUT2D eigenvalue weighted by atomic mass is 10.0. The lowest BCUT2D eigenvalue weighted by molar-refractivity contribution is -0.140. The number of sulfonamides is 1. The van der Waals surface area contributed by atoms with Gasteiger partial charge in [0.15, 0.2) is 0 Å². The molecule has 0 spiro atoms. The van der Waals surface area contributed by atoms with Crippen LogP contribution in [0.4, 0.5) is 5.69 Å². The molecule has 0 aliphatic heterocycles. The maximum Gasteiger partial charge on any atom is 0.244 e. The van der Waals surface area contributed by atoms with E-state index in [2.05, 4.69) is 21.2 Å². The molecule has 1 aliphatic rings. The number of nitrogens with one attached hydrogen (secondary N) is 1. The van der Waals surface area contributed by atoms with Crippen molar-refractivity contribution in [3.05, 3.63) is 98.4 Å². The molecule has 1 aliphatic carbocycles. The molecular weight excluding hydrogens is 649 g/mol. The summed E-state index contributed by atoms with van der Waals surface area (Å²) in [5, 5.41) is 3.55. The predicted molar refractivity (Wildman–Crippen MR) is 168 cm³/mol. The third-order valence-electron chi connectivity index (χ3n) is 7.07. The molecule has 1 unspecified atom stereocenters. The number of carbonyl (C=O) groups excluding carboxylic acids is 2. The van der Waals surface area contributed by atoms with Gasteiger partial charge in [-0.2, -0.15) is 0 Å². The second kappa shape index (κ2) is 14.1. The van der Waals surface area contributed by atoms with Crippen LogP contribution in [0.15, 0.2) is 77.3 Å². The molecule has 1 N–H and O–H groups in total. The third kappa shape index (κ3) is 8.70. The molecule has 0 radical (unpaired) electrons. The molecule has 2 amide bonds. The minimum absolute atomic E-state index is 0.0429. The monoisotopic (exact) mass is 679 g/mol. The van der Waals surface area contributed by atoms with E-state index in [9.17, 15) is 18.0 Å². The minimum Gasteiger partial charge on any atom is -0.352 e. The van der Waals surface area contributed by atoms with E-state index in [1.165, 1.54) is 17.0 Å². The summed E-state index contributed by atoms with van der Waals surface area (Å²) < 4.78 is 27.7. The first kappa shape index (κ1) is 31.3. The summed E-state index contributed by atoms with van der Waals surface area (Å²) in [7, 11) is -3.95. The number of rotatable bonds is 11. The SMILES string of the molecule is CS(=O)(=O)N(CC(=O)N(Cc1cccc(Br)c1)C(Cc1ccccc1)C(=O)NC1CCCC1)c1cc(Cl)ccc1Cl. The number of benzene rings is 3. The van der Waals surface area contributed by atoms with Gasteiger partial charge in [0.05, 0.1) is 17.0 Å². The summed E-state index contributed by atoms with van der Waals surface area (Å²) in [6.45, 7) is -0.469. The molecule has 218 valence electrons. The summed E-state index contributed by atoms with van der Waals surface area (Å²) in [6, 6.07) is 20.5. The van der Waals surface area contributed by atoms with Gasteiger partial charge in [-0.05, 0) is 54.3 Å². The molecule has 1 atom stereocenters. The summed E-state index contributed by atoms with van der Waals surface area (Å²) in [6.07, 6.45) is 5.12. The van der Waals surface area contributed by atoms with Crippen LogP contribution in [0.1, 0.15) is 36.8 Å². The van der Waals surface area contributed by atoms with Gasteiger partial charge in [-0.25, -0.2) is 8.42 Å². The fraction of sp³-hybridized carbons (Fsp3) is 0.333. The highest BCUT2D eigenvalue weighted by Gasteiger charge is 2.34. The second-order valence-corrected chi connectivity index (χ2v) is 13.9. The van der Waals surface area contributed by atoms with E-state index >= 15 is 0 Å². The van der Waals surface area contributed by atoms with Crippen molar-refractivity contribution in [2.24, 2.45) is 0 Å². The lowest BCUT2D eigenvalue weighted by Gasteiger charge is -2.34. The van der Waals surface area contributed by atoms with Crippen LogP contribution in [-0.2, 0) is 32.6 Å². The average molecular weight is 681 g/mol. The second-order valence-electron chi connectivity index (χ2n) is 10.2. The first-order valence-electron chi connectivity index (χ1n) is 13.3. The Morgan fingerprint density at radius 2 is 1.66 bits per heavy atom. The van der Waals surface area contributed by atoms with Crippen molar-refractivity contribution in [1.82, 2.24) is 10.2 Å². The molecule has 0 heterocycles. The molecular formula is C30H32BrCl2N3O4S. The fourth-order valence-electron chi connectivity index (χ4n) is 5.03. The van der Waals surface area contributed by atoms with E-state index in [0.717, 1.165) is 51.8 Å². The number of carbonyl (C=O) groups is 2. The van der Waals surface area contributed by atoms with Crippen LogP contribution in [0.25, 0.3) is 0 Å². The van der Waals surface area contributed by atoms with Crippen LogP contribution >= 0.6 is 39.1 Å². The zero-order chi connectivity index (χ0) is 29.6. The van der Waals surface area contributed by atoms with Crippen molar-refractivity contribution in [3.63, 3.8) is 0 Å². The quantitative estimate of drug-likeness (QED) is 0.261. The Hall–Kier alpha value is -2.59. The van der Waals surface area contributed by atoms with Crippen LogP contribution in [0, 0.1) is 0 Å². The van der Waals surface area contributed by atoms with E-state index in [1.54, 1.807) is 6.07 Å². The van der Waals surface area contributed by atoms with Crippen molar-refractivity contribution < 1.29 is 18.0 Å². The molecule has 3 aromatic rings. The molecule has 1 fully saturated rings. The predicted octanol–water partition coefficient (Wildman–Crippen LogP) is 6.22. The van der Waals surface area contributed by atoms with Crippen LogP contribution in [-0.4, -0.2) is 50.0 Å². The van der Waals surface area contributed by atoms with Crippen LogP contribution < -0.4 is 9.62 Å². The van der Waals surface area contributed by atoms with Crippen molar-refractivity contribution >= 4 is 66.7 Å². The Bertz CT molecular complexity index is 1480. The molecule has 4 rings (SSSR count). The Kier molecular flexibility index (Phi) is 10.7. The van der Waals surface area contributed by atoms with Gasteiger partial charge in [0, 0.05) is 28.5 Å². The summed E-state index contributed by atoms with van der Waals surface area (Å²) in [4.78, 5) is 29.5. The Balaban J connectivity index is 1.74. The molecule has 0 bridgehead atoms. The standard InChI is InChI=1S/C30H32BrCl2N3O4S/c1-41(39,40)36(27-18-24(32)14-15-26(27)33)20-29(37)35(19-22-10-7-11-23(31)16-22)28(17-21-8-3-2-4-9-21)30(38)34-25-12-5-6-13-25/h2-4,7-11,14-16,18,25,28H,5-6,12-13,17,19-20H2,1H3,(H,34,38). The number of hydrogen-bond donors (Lipinski definition) is 1. The molecule has 0 aromatic heterocycles. The van der Waals surface area contributed by atoms with E-state index in [-0.39, 0.29) is 40.6 Å². The first-order chi connectivity index (χ1) is 19.5. The lowest BCUT2D eigenvalue weighted by Crippen LogP contribution is -2.54. The highest BCUT2D eigenvalue weighted by atomic mass is 79.9. The van der Waals surface area contributed by atoms with Crippen molar-refractivity contribution in [3.8, 4) is 0 Å². The zero-order valence-electron chi connectivity index (χ0n) is 22.6. The minimum atomic E-state index is -3.95. The maximum absolute atomic E-state index is 14.2. The first-order valence-corrected chi connectivity index (χ1v) is 16.7. The summed E-state index contributed by atoms with van der Waals surface area (Å²) in [5.74, 6) is -0.815. The average Bonchev–Trinajstić information content (AvgIpc) is 3.43. The van der Waals surface area contributed by atoms with Gasteiger partial charge in [0.1, 0.15) is 12.6 Å². The molecule has 7 nitrogen and oxygen atoms in total. The Labute approximate surface area is 260 Å². The van der Waals surface area contributed by atoms with Crippen molar-refractivity contribution in [2.45, 2.75) is 50.7 Å². The largest absolute Gasteiger partial charge is 0.352 e. The number of anilines is 1. The van der Waals surface area contributed by atoms with E-state index < -0.39 is 28.5 Å². The van der Waals surface area contributed by atoms with E-state index in [0.29, 0.717) is 0 Å². The molecule has 3 aromatic carbocycles. The number of halogens is 3. The number of hydrogen-bond acceptors (Lipinski definition) is 4. The van der Waals surface area contributed by atoms with Crippen molar-refractivity contribution in [1.29, 1.82) is 0 Å². The molecule has 11 heteroatoms. The number of amides is 2. The summed E-state index contributed by atoms with van der Waals surface area (Å²) in [5.41, 5.74) is 1.75. The van der Waals surface area contributed by atoms with Gasteiger partial charge in [-0.15, -0.1) is 0 Å². The van der Waals surface area contributed by atoms with Crippen LogP contribution in [0.3, 0.4) is 0 Å². The third-order valence-corrected chi connectivity index (χ3v) is 9.25.